The third kappa shape index (κ3) is 12.7. The quantitative estimate of drug-likeness (QED) is 0.192. The molecule has 0 aromatic heterocycles. The van der Waals surface area contributed by atoms with Gasteiger partial charge in [-0.3, -0.25) is 9.59 Å². The Labute approximate surface area is 192 Å². The van der Waals surface area contributed by atoms with E-state index in [1.165, 1.54) is 83.5 Å². The third-order valence-corrected chi connectivity index (χ3v) is 6.51. The minimum absolute atomic E-state index is 0.0170. The number of hydrogen-bond donors (Lipinski definition) is 1. The molecule has 1 unspecified atom stereocenters. The molecule has 182 valence electrons. The first-order valence-electron chi connectivity index (χ1n) is 13.2. The Morgan fingerprint density at radius 2 is 1.23 bits per heavy atom. The second-order valence-corrected chi connectivity index (χ2v) is 10.9. The fourth-order valence-corrected chi connectivity index (χ4v) is 4.87. The topological polar surface area (TPSA) is 55.4 Å². The summed E-state index contributed by atoms with van der Waals surface area (Å²) in [4.78, 5) is 24.8. The number of ether oxygens (including phenoxy) is 1. The molecule has 1 aliphatic heterocycles. The Kier molecular flexibility index (Phi) is 13.6. The van der Waals surface area contributed by atoms with Crippen molar-refractivity contribution in [3.8, 4) is 0 Å². The smallest absolute Gasteiger partial charge is 0.306 e. The van der Waals surface area contributed by atoms with Crippen LogP contribution in [-0.2, 0) is 14.3 Å². The van der Waals surface area contributed by atoms with E-state index < -0.39 is 11.6 Å². The van der Waals surface area contributed by atoms with E-state index in [-0.39, 0.29) is 17.3 Å². The molecule has 0 aromatic rings. The maximum absolute atomic E-state index is 12.5. The highest BCUT2D eigenvalue weighted by atomic mass is 16.5. The van der Waals surface area contributed by atoms with Crippen LogP contribution in [-0.4, -0.2) is 28.9 Å². The molecular weight excluding hydrogens is 386 g/mol. The summed E-state index contributed by atoms with van der Waals surface area (Å²) in [5, 5.41) is 3.34. The highest BCUT2D eigenvalue weighted by Crippen LogP contribution is 2.28. The maximum Gasteiger partial charge on any atom is 0.306 e. The van der Waals surface area contributed by atoms with Gasteiger partial charge in [0.15, 0.2) is 11.9 Å². The Hall–Kier alpha value is -0.900. The van der Waals surface area contributed by atoms with Crippen molar-refractivity contribution in [1.82, 2.24) is 5.32 Å². The molecule has 1 saturated heterocycles. The van der Waals surface area contributed by atoms with E-state index >= 15 is 0 Å². The molecule has 1 aliphatic rings. The standard InChI is InChI=1S/C27H51NO3/c1-6-7-8-9-10-11-12-13-14-15-16-17-18-19-20-21-24(29)31-23-22-26(2,3)28-27(4,5)25(23)30/h23,28H,6-22H2,1-5H3. The lowest BCUT2D eigenvalue weighted by Gasteiger charge is -2.44. The first kappa shape index (κ1) is 28.1. The molecule has 1 heterocycles. The molecule has 0 amide bonds. The number of ketones is 1. The van der Waals surface area contributed by atoms with Crippen molar-refractivity contribution < 1.29 is 14.3 Å². The lowest BCUT2D eigenvalue weighted by molar-refractivity contribution is -0.161. The molecule has 0 saturated carbocycles. The average Bonchev–Trinajstić information content (AvgIpc) is 2.68. The fourth-order valence-electron chi connectivity index (χ4n) is 4.87. The first-order chi connectivity index (χ1) is 14.7. The predicted molar refractivity (Wildman–Crippen MR) is 130 cm³/mol. The number of nitrogens with one attached hydrogen (secondary N) is 1. The van der Waals surface area contributed by atoms with Crippen LogP contribution in [0, 0.1) is 0 Å². The van der Waals surface area contributed by atoms with Gasteiger partial charge >= 0.3 is 5.97 Å². The largest absolute Gasteiger partial charge is 0.454 e. The molecule has 1 rings (SSSR count). The van der Waals surface area contributed by atoms with E-state index in [1.807, 2.05) is 13.8 Å². The second-order valence-electron chi connectivity index (χ2n) is 10.9. The van der Waals surface area contributed by atoms with E-state index in [0.717, 1.165) is 12.8 Å². The zero-order chi connectivity index (χ0) is 23.2. The minimum atomic E-state index is -0.651. The van der Waals surface area contributed by atoms with Crippen LogP contribution in [0.5, 0.6) is 0 Å². The number of carbonyl (C=O) groups excluding carboxylic acids is 2. The first-order valence-corrected chi connectivity index (χ1v) is 13.2. The van der Waals surface area contributed by atoms with Crippen molar-refractivity contribution in [3.63, 3.8) is 0 Å². The minimum Gasteiger partial charge on any atom is -0.454 e. The van der Waals surface area contributed by atoms with Crippen LogP contribution in [0.15, 0.2) is 0 Å². The van der Waals surface area contributed by atoms with Gasteiger partial charge < -0.3 is 10.1 Å². The molecule has 0 bridgehead atoms. The lowest BCUT2D eigenvalue weighted by atomic mass is 9.80. The Morgan fingerprint density at radius 3 is 1.68 bits per heavy atom. The zero-order valence-corrected chi connectivity index (χ0v) is 21.3. The monoisotopic (exact) mass is 437 g/mol. The highest BCUT2D eigenvalue weighted by molar-refractivity contribution is 5.94. The second kappa shape index (κ2) is 15.0. The number of piperidine rings is 1. The summed E-state index contributed by atoms with van der Waals surface area (Å²) in [5.74, 6) is -0.238. The van der Waals surface area contributed by atoms with Gasteiger partial charge in [0.05, 0.1) is 5.54 Å². The number of rotatable bonds is 17. The van der Waals surface area contributed by atoms with Crippen LogP contribution < -0.4 is 5.32 Å². The van der Waals surface area contributed by atoms with E-state index in [4.69, 9.17) is 4.74 Å². The molecular formula is C27H51NO3. The maximum atomic E-state index is 12.5. The number of unbranched alkanes of at least 4 members (excludes halogenated alkanes) is 14. The molecule has 0 aromatic carbocycles. The van der Waals surface area contributed by atoms with Gasteiger partial charge in [0.25, 0.3) is 0 Å². The Morgan fingerprint density at radius 1 is 0.806 bits per heavy atom. The van der Waals surface area contributed by atoms with Gasteiger partial charge in [0.2, 0.25) is 0 Å². The van der Waals surface area contributed by atoms with Gasteiger partial charge in [-0.25, -0.2) is 0 Å². The van der Waals surface area contributed by atoms with Crippen molar-refractivity contribution in [3.05, 3.63) is 0 Å². The number of hydrogen-bond acceptors (Lipinski definition) is 4. The molecule has 4 nitrogen and oxygen atoms in total. The number of carbonyl (C=O) groups is 2. The average molecular weight is 438 g/mol. The van der Waals surface area contributed by atoms with E-state index in [2.05, 4.69) is 26.1 Å². The number of esters is 1. The molecule has 1 atom stereocenters. The highest BCUT2D eigenvalue weighted by Gasteiger charge is 2.46. The molecule has 31 heavy (non-hydrogen) atoms. The molecule has 4 heteroatoms. The van der Waals surface area contributed by atoms with E-state index in [9.17, 15) is 9.59 Å². The third-order valence-electron chi connectivity index (χ3n) is 6.51. The van der Waals surface area contributed by atoms with E-state index in [1.54, 1.807) is 0 Å². The summed E-state index contributed by atoms with van der Waals surface area (Å²) in [6, 6.07) is 0. The SMILES string of the molecule is CCCCCCCCCCCCCCCCCC(=O)OC1CC(C)(C)NC(C)(C)C1=O. The van der Waals surface area contributed by atoms with Gasteiger partial charge in [-0.05, 0) is 34.1 Å². The van der Waals surface area contributed by atoms with Crippen LogP contribution in [0.25, 0.3) is 0 Å². The van der Waals surface area contributed by atoms with Gasteiger partial charge in [-0.1, -0.05) is 96.8 Å². The van der Waals surface area contributed by atoms with Crippen molar-refractivity contribution in [1.29, 1.82) is 0 Å². The summed E-state index contributed by atoms with van der Waals surface area (Å²) in [6.45, 7) is 10.1. The van der Waals surface area contributed by atoms with Crippen LogP contribution in [0.4, 0.5) is 0 Å². The Balaban J connectivity index is 1.98. The van der Waals surface area contributed by atoms with Crippen molar-refractivity contribution in [2.24, 2.45) is 0 Å². The van der Waals surface area contributed by atoms with Crippen LogP contribution in [0.1, 0.15) is 144 Å². The number of Topliss-reactive ketones (excluding diaryl/α,β-unsaturated/α-hetero) is 1. The molecule has 1 fully saturated rings. The molecule has 0 radical (unpaired) electrons. The summed E-state index contributed by atoms with van der Waals surface area (Å²) in [5.41, 5.74) is -0.863. The molecule has 1 N–H and O–H groups in total. The summed E-state index contributed by atoms with van der Waals surface area (Å²) in [7, 11) is 0. The summed E-state index contributed by atoms with van der Waals surface area (Å²) >= 11 is 0. The van der Waals surface area contributed by atoms with E-state index in [0.29, 0.717) is 12.8 Å². The lowest BCUT2D eigenvalue weighted by Crippen LogP contribution is -2.65. The summed E-state index contributed by atoms with van der Waals surface area (Å²) < 4.78 is 5.57. The van der Waals surface area contributed by atoms with Crippen molar-refractivity contribution >= 4 is 11.8 Å². The molecule has 0 aliphatic carbocycles. The van der Waals surface area contributed by atoms with Crippen LogP contribution in [0.2, 0.25) is 0 Å². The predicted octanol–water partition coefficient (Wildman–Crippen LogP) is 7.28. The molecule has 0 spiro atoms. The van der Waals surface area contributed by atoms with Crippen molar-refractivity contribution in [2.45, 2.75) is 161 Å². The Bertz CT molecular complexity index is 513. The van der Waals surface area contributed by atoms with Gasteiger partial charge in [-0.2, -0.15) is 0 Å². The summed E-state index contributed by atoms with van der Waals surface area (Å²) in [6.07, 6.45) is 20.0. The fraction of sp³-hybridized carbons (Fsp3) is 0.926. The zero-order valence-electron chi connectivity index (χ0n) is 21.3. The van der Waals surface area contributed by atoms with Gasteiger partial charge in [0, 0.05) is 18.4 Å². The van der Waals surface area contributed by atoms with Gasteiger partial charge in [-0.15, -0.1) is 0 Å². The normalized spacial score (nSPS) is 20.0. The van der Waals surface area contributed by atoms with Crippen LogP contribution in [0.3, 0.4) is 0 Å². The van der Waals surface area contributed by atoms with Gasteiger partial charge in [0.1, 0.15) is 0 Å². The van der Waals surface area contributed by atoms with Crippen LogP contribution >= 0.6 is 0 Å². The van der Waals surface area contributed by atoms with Crippen molar-refractivity contribution in [2.75, 3.05) is 0 Å².